The second-order valence-corrected chi connectivity index (χ2v) is 13.3. The van der Waals surface area contributed by atoms with E-state index in [1.54, 1.807) is 0 Å². The van der Waals surface area contributed by atoms with Crippen LogP contribution in [-0.4, -0.2) is 14.8 Å². The van der Waals surface area contributed by atoms with Crippen molar-refractivity contribution < 1.29 is 43.9 Å². The fraction of sp³-hybridized carbons (Fsp3) is 0.200. The molecule has 0 saturated carbocycles. The van der Waals surface area contributed by atoms with E-state index in [1.807, 2.05) is 19.6 Å². The minimum Gasteiger partial charge on any atom is -0.204 e. The summed E-state index contributed by atoms with van der Waals surface area (Å²) in [6.07, 6.45) is 3.86. The highest BCUT2D eigenvalue weighted by atomic mass is 28.3. The Morgan fingerprint density at radius 1 is 0.562 bits per heavy atom. The molecule has 1 unspecified atom stereocenters. The number of allylic oxidation sites excluding steroid dienone is 4. The topological polar surface area (TPSA) is 0 Å². The third kappa shape index (κ3) is 3.67. The Hall–Kier alpha value is -2.50. The SMILES string of the molecule is C[Si](C)(C)C1=CC(B(c2c(F)c(F)c(F)c(F)c2F)c2c(F)c(F)c(F)c(F)c2F)C=C1. The molecule has 12 heteroatoms. The van der Waals surface area contributed by atoms with E-state index in [9.17, 15) is 43.9 Å². The molecule has 0 N–H and O–H groups in total. The smallest absolute Gasteiger partial charge is 0.204 e. The van der Waals surface area contributed by atoms with Gasteiger partial charge < -0.3 is 0 Å². The number of rotatable bonds is 4. The third-order valence-corrected chi connectivity index (χ3v) is 7.30. The van der Waals surface area contributed by atoms with E-state index < -0.39 is 89.7 Å². The number of benzene rings is 2. The van der Waals surface area contributed by atoms with Crippen LogP contribution in [0.25, 0.3) is 0 Å². The average Bonchev–Trinajstić information content (AvgIpc) is 3.23. The molecule has 0 saturated heterocycles. The molecule has 2 aromatic carbocycles. The van der Waals surface area contributed by atoms with Gasteiger partial charge in [0.1, 0.15) is 0 Å². The molecular weight excluding hydrogens is 469 g/mol. The lowest BCUT2D eigenvalue weighted by molar-refractivity contribution is 0.382. The summed E-state index contributed by atoms with van der Waals surface area (Å²) in [4.78, 5) is 0. The van der Waals surface area contributed by atoms with Crippen LogP contribution < -0.4 is 10.9 Å². The molecule has 2 aromatic rings. The van der Waals surface area contributed by atoms with E-state index in [1.165, 1.54) is 12.2 Å². The highest BCUT2D eigenvalue weighted by molar-refractivity contribution is 6.88. The second kappa shape index (κ2) is 8.13. The quantitative estimate of drug-likeness (QED) is 0.236. The van der Waals surface area contributed by atoms with E-state index in [0.717, 1.165) is 6.08 Å². The van der Waals surface area contributed by atoms with Gasteiger partial charge in [-0.2, -0.15) is 0 Å². The van der Waals surface area contributed by atoms with E-state index in [4.69, 9.17) is 0 Å². The molecule has 0 radical (unpaired) electrons. The highest BCUT2D eigenvalue weighted by Gasteiger charge is 2.43. The number of halogens is 10. The largest absolute Gasteiger partial charge is 0.235 e. The second-order valence-electron chi connectivity index (χ2n) is 8.25. The third-order valence-electron chi connectivity index (χ3n) is 5.23. The summed E-state index contributed by atoms with van der Waals surface area (Å²) in [7, 11) is -2.15. The average molecular weight is 482 g/mol. The van der Waals surface area contributed by atoms with Gasteiger partial charge in [-0.1, -0.05) is 43.1 Å². The minimum absolute atomic E-state index is 0.584. The molecule has 0 amide bonds. The first kappa shape index (κ1) is 24.2. The zero-order valence-electron chi connectivity index (χ0n) is 16.7. The van der Waals surface area contributed by atoms with Crippen LogP contribution >= 0.6 is 0 Å². The lowest BCUT2D eigenvalue weighted by Crippen LogP contribution is -2.52. The maximum Gasteiger partial charge on any atom is 0.235 e. The molecule has 0 fully saturated rings. The monoisotopic (exact) mass is 482 g/mol. The van der Waals surface area contributed by atoms with Gasteiger partial charge in [0.15, 0.2) is 58.2 Å². The fourth-order valence-electron chi connectivity index (χ4n) is 3.56. The first-order valence-corrected chi connectivity index (χ1v) is 12.6. The van der Waals surface area contributed by atoms with Crippen molar-refractivity contribution in [1.29, 1.82) is 0 Å². The van der Waals surface area contributed by atoms with Crippen molar-refractivity contribution in [2.24, 2.45) is 0 Å². The van der Waals surface area contributed by atoms with Gasteiger partial charge in [-0.05, 0) is 5.82 Å². The van der Waals surface area contributed by atoms with Crippen LogP contribution in [0.2, 0.25) is 25.5 Å². The molecule has 170 valence electrons. The molecule has 0 aromatic heterocycles. The lowest BCUT2D eigenvalue weighted by atomic mass is 9.33. The van der Waals surface area contributed by atoms with E-state index in [-0.39, 0.29) is 0 Å². The standard InChI is InChI=1S/C20H13BF10Si/c1-32(2,3)8-5-4-7(6-8)21(9-11(22)15(26)19(30)16(27)12(9)23)10-13(24)17(28)20(31)18(29)14(10)25/h4-7H,1-3H3. The van der Waals surface area contributed by atoms with Gasteiger partial charge in [0, 0.05) is 10.9 Å². The Labute approximate surface area is 177 Å². The number of hydrogen-bond acceptors (Lipinski definition) is 0. The van der Waals surface area contributed by atoms with E-state index in [0.29, 0.717) is 5.20 Å². The van der Waals surface area contributed by atoms with Gasteiger partial charge >= 0.3 is 0 Å². The van der Waals surface area contributed by atoms with Crippen molar-refractivity contribution in [2.75, 3.05) is 0 Å². The molecule has 32 heavy (non-hydrogen) atoms. The lowest BCUT2D eigenvalue weighted by Gasteiger charge is -2.23. The summed E-state index contributed by atoms with van der Waals surface area (Å²) in [5.41, 5.74) is -3.40. The first-order chi connectivity index (χ1) is 14.7. The normalized spacial score (nSPS) is 16.0. The van der Waals surface area contributed by atoms with E-state index >= 15 is 0 Å². The summed E-state index contributed by atoms with van der Waals surface area (Å²) in [6.45, 7) is 3.06. The highest BCUT2D eigenvalue weighted by Crippen LogP contribution is 2.32. The molecule has 0 bridgehead atoms. The van der Waals surface area contributed by atoms with Gasteiger partial charge in [0.2, 0.25) is 6.71 Å². The maximum absolute atomic E-state index is 14.6. The van der Waals surface area contributed by atoms with Crippen LogP contribution in [0.4, 0.5) is 43.9 Å². The molecule has 3 rings (SSSR count). The Balaban J connectivity index is 2.44. The summed E-state index contributed by atoms with van der Waals surface area (Å²) in [5, 5.41) is 0.584. The molecular formula is C20H13BF10Si. The summed E-state index contributed by atoms with van der Waals surface area (Å²) >= 11 is 0. The zero-order valence-corrected chi connectivity index (χ0v) is 17.7. The van der Waals surface area contributed by atoms with E-state index in [2.05, 4.69) is 0 Å². The Bertz CT molecular complexity index is 1050. The first-order valence-electron chi connectivity index (χ1n) is 9.13. The van der Waals surface area contributed by atoms with Gasteiger partial charge in [-0.15, -0.1) is 0 Å². The summed E-state index contributed by atoms with van der Waals surface area (Å²) in [5.74, 6) is -25.9. The molecule has 0 spiro atoms. The van der Waals surface area contributed by atoms with Gasteiger partial charge in [-0.25, -0.2) is 43.9 Å². The van der Waals surface area contributed by atoms with Gasteiger partial charge in [0.25, 0.3) is 0 Å². The Morgan fingerprint density at radius 3 is 1.16 bits per heavy atom. The predicted molar refractivity (Wildman–Crippen MR) is 102 cm³/mol. The van der Waals surface area contributed by atoms with Gasteiger partial charge in [0.05, 0.1) is 8.07 Å². The van der Waals surface area contributed by atoms with Gasteiger partial charge in [-0.3, -0.25) is 0 Å². The van der Waals surface area contributed by atoms with Crippen LogP contribution in [0.15, 0.2) is 23.4 Å². The van der Waals surface area contributed by atoms with Crippen LogP contribution in [0.3, 0.4) is 0 Å². The van der Waals surface area contributed by atoms with Crippen molar-refractivity contribution in [2.45, 2.75) is 25.5 Å². The van der Waals surface area contributed by atoms with Crippen molar-refractivity contribution in [3.8, 4) is 0 Å². The molecule has 1 aliphatic rings. The Morgan fingerprint density at radius 2 is 0.875 bits per heavy atom. The number of hydrogen-bond donors (Lipinski definition) is 0. The molecule has 0 nitrogen and oxygen atoms in total. The summed E-state index contributed by atoms with van der Waals surface area (Å²) in [6, 6.07) is 0. The predicted octanol–water partition coefficient (Wildman–Crippen LogP) is 5.43. The molecule has 1 atom stereocenters. The van der Waals surface area contributed by atoms with Crippen molar-refractivity contribution in [3.05, 3.63) is 81.6 Å². The van der Waals surface area contributed by atoms with Crippen LogP contribution in [0.1, 0.15) is 0 Å². The minimum atomic E-state index is -2.53. The zero-order chi connectivity index (χ0) is 24.3. The fourth-order valence-corrected chi connectivity index (χ4v) is 4.85. The molecule has 0 aliphatic heterocycles. The molecule has 0 heterocycles. The van der Waals surface area contributed by atoms with Crippen molar-refractivity contribution in [3.63, 3.8) is 0 Å². The van der Waals surface area contributed by atoms with Crippen molar-refractivity contribution >= 4 is 25.7 Å². The molecule has 1 aliphatic carbocycles. The van der Waals surface area contributed by atoms with Crippen LogP contribution in [-0.2, 0) is 0 Å². The van der Waals surface area contributed by atoms with Crippen molar-refractivity contribution in [1.82, 2.24) is 0 Å². The Kier molecular flexibility index (Phi) is 6.13. The summed E-state index contributed by atoms with van der Waals surface area (Å²) < 4.78 is 141. The van der Waals surface area contributed by atoms with Crippen LogP contribution in [0, 0.1) is 58.2 Å². The van der Waals surface area contributed by atoms with Crippen LogP contribution in [0.5, 0.6) is 0 Å². The maximum atomic E-state index is 14.6.